The van der Waals surface area contributed by atoms with Crippen LogP contribution in [-0.2, 0) is 23.1 Å². The zero-order valence-corrected chi connectivity index (χ0v) is 21.1. The SMILES string of the molecule is O=S(=O)(c1ccc(Cl)c(F)c1)N1Cc2ccccc2N(Cc2cnc[nH]2)[C@H](CCC2CCCC2)C1. The number of benzene rings is 2. The van der Waals surface area contributed by atoms with E-state index in [9.17, 15) is 12.8 Å². The second-order valence-corrected chi connectivity index (χ2v) is 11.9. The molecule has 1 aliphatic carbocycles. The Morgan fingerprint density at radius 2 is 1.91 bits per heavy atom. The van der Waals surface area contributed by atoms with Crippen LogP contribution in [0.2, 0.25) is 5.02 Å². The van der Waals surface area contributed by atoms with E-state index in [-0.39, 0.29) is 22.5 Å². The van der Waals surface area contributed by atoms with Gasteiger partial charge >= 0.3 is 0 Å². The summed E-state index contributed by atoms with van der Waals surface area (Å²) < 4.78 is 43.2. The van der Waals surface area contributed by atoms with Crippen LogP contribution in [0, 0.1) is 11.7 Å². The first-order valence-electron chi connectivity index (χ1n) is 12.2. The van der Waals surface area contributed by atoms with Crippen LogP contribution in [0.25, 0.3) is 0 Å². The molecule has 0 bridgehead atoms. The summed E-state index contributed by atoms with van der Waals surface area (Å²) in [4.78, 5) is 9.61. The first-order valence-corrected chi connectivity index (χ1v) is 14.0. The predicted octanol–water partition coefficient (Wildman–Crippen LogP) is 5.75. The number of rotatable bonds is 7. The molecule has 0 spiro atoms. The number of imidazole rings is 1. The fourth-order valence-electron chi connectivity index (χ4n) is 5.42. The summed E-state index contributed by atoms with van der Waals surface area (Å²) in [6.07, 6.45) is 10.5. The lowest BCUT2D eigenvalue weighted by molar-refractivity contribution is 0.350. The summed E-state index contributed by atoms with van der Waals surface area (Å²) in [5.41, 5.74) is 2.92. The predicted molar refractivity (Wildman–Crippen MR) is 135 cm³/mol. The number of nitrogens with zero attached hydrogens (tertiary/aromatic N) is 3. The van der Waals surface area contributed by atoms with Crippen LogP contribution >= 0.6 is 11.6 Å². The van der Waals surface area contributed by atoms with Gasteiger partial charge in [0.2, 0.25) is 10.0 Å². The van der Waals surface area contributed by atoms with E-state index in [1.165, 1.54) is 42.1 Å². The molecule has 0 saturated heterocycles. The first kappa shape index (κ1) is 24.3. The average Bonchev–Trinajstić information content (AvgIpc) is 3.53. The topological polar surface area (TPSA) is 69.3 Å². The molecule has 0 unspecified atom stereocenters. The smallest absolute Gasteiger partial charge is 0.243 e. The minimum absolute atomic E-state index is 0.0329. The summed E-state index contributed by atoms with van der Waals surface area (Å²) >= 11 is 5.82. The van der Waals surface area contributed by atoms with Crippen LogP contribution in [0.5, 0.6) is 0 Å². The van der Waals surface area contributed by atoms with Gasteiger partial charge in [0.15, 0.2) is 0 Å². The third kappa shape index (κ3) is 5.25. The van der Waals surface area contributed by atoms with Gasteiger partial charge in [-0.1, -0.05) is 55.5 Å². The maximum Gasteiger partial charge on any atom is 0.243 e. The number of aromatic nitrogens is 2. The maximum absolute atomic E-state index is 14.2. The molecule has 1 atom stereocenters. The summed E-state index contributed by atoms with van der Waals surface area (Å²) in [5.74, 6) is -0.0421. The Kier molecular flexibility index (Phi) is 7.14. The van der Waals surface area contributed by atoms with E-state index in [0.717, 1.165) is 35.9 Å². The Labute approximate surface area is 211 Å². The van der Waals surface area contributed by atoms with Gasteiger partial charge in [0, 0.05) is 31.0 Å². The molecular weight excluding hydrogens is 487 g/mol. The maximum atomic E-state index is 14.2. The van der Waals surface area contributed by atoms with Crippen molar-refractivity contribution in [1.82, 2.24) is 14.3 Å². The Balaban J connectivity index is 1.52. The largest absolute Gasteiger partial charge is 0.361 e. The van der Waals surface area contributed by atoms with Crippen molar-refractivity contribution in [3.63, 3.8) is 0 Å². The fourth-order valence-corrected chi connectivity index (χ4v) is 7.01. The molecule has 1 aliphatic heterocycles. The molecule has 5 rings (SSSR count). The van der Waals surface area contributed by atoms with Crippen molar-refractivity contribution in [1.29, 1.82) is 0 Å². The van der Waals surface area contributed by atoms with E-state index < -0.39 is 15.8 Å². The Hall–Kier alpha value is -2.42. The van der Waals surface area contributed by atoms with Crippen LogP contribution in [0.1, 0.15) is 49.8 Å². The van der Waals surface area contributed by atoms with Crippen molar-refractivity contribution >= 4 is 27.3 Å². The second kappa shape index (κ2) is 10.3. The van der Waals surface area contributed by atoms with E-state index in [1.807, 2.05) is 24.4 Å². The Bertz CT molecular complexity index is 1260. The number of anilines is 1. The molecule has 6 nitrogen and oxygen atoms in total. The summed E-state index contributed by atoms with van der Waals surface area (Å²) in [6.45, 7) is 1.15. The number of hydrogen-bond acceptors (Lipinski definition) is 4. The number of halogens is 2. The van der Waals surface area contributed by atoms with Crippen LogP contribution in [0.15, 0.2) is 59.9 Å². The van der Waals surface area contributed by atoms with Crippen molar-refractivity contribution in [2.75, 3.05) is 11.4 Å². The standard InChI is InChI=1S/C26H30ClFN4O2S/c27-24-12-11-23(13-25(24)28)35(33,34)31-15-20-7-3-4-8-26(20)32(16-21-14-29-18-30-21)22(17-31)10-9-19-5-1-2-6-19/h3-4,7-8,11-14,18-19,22H,1-2,5-6,9-10,15-17H2,(H,29,30)/t22-/m1/s1. The highest BCUT2D eigenvalue weighted by atomic mass is 35.5. The van der Waals surface area contributed by atoms with Crippen molar-refractivity contribution in [3.8, 4) is 0 Å². The van der Waals surface area contributed by atoms with Gasteiger partial charge in [-0.25, -0.2) is 17.8 Å². The monoisotopic (exact) mass is 516 g/mol. The van der Waals surface area contributed by atoms with E-state index in [1.54, 1.807) is 6.33 Å². The Morgan fingerprint density at radius 3 is 2.66 bits per heavy atom. The molecule has 2 aliphatic rings. The van der Waals surface area contributed by atoms with Crippen molar-refractivity contribution in [2.45, 2.75) is 62.6 Å². The van der Waals surface area contributed by atoms with Crippen LogP contribution in [0.3, 0.4) is 0 Å². The molecule has 1 fully saturated rings. The lowest BCUT2D eigenvalue weighted by Crippen LogP contribution is -2.43. The number of nitrogens with one attached hydrogen (secondary N) is 1. The highest BCUT2D eigenvalue weighted by molar-refractivity contribution is 7.89. The third-order valence-corrected chi connectivity index (χ3v) is 9.42. The van der Waals surface area contributed by atoms with E-state index in [4.69, 9.17) is 11.6 Å². The first-order chi connectivity index (χ1) is 16.9. The van der Waals surface area contributed by atoms with Gasteiger partial charge in [0.25, 0.3) is 0 Å². The lowest BCUT2D eigenvalue weighted by Gasteiger charge is -2.34. The normalized spacial score (nSPS) is 19.6. The molecule has 0 amide bonds. The molecule has 0 radical (unpaired) electrons. The Morgan fingerprint density at radius 1 is 1.11 bits per heavy atom. The number of para-hydroxylation sites is 1. The zero-order valence-electron chi connectivity index (χ0n) is 19.5. The molecule has 3 aromatic rings. The number of H-pyrrole nitrogens is 1. The highest BCUT2D eigenvalue weighted by Gasteiger charge is 2.35. The van der Waals surface area contributed by atoms with Gasteiger partial charge in [-0.2, -0.15) is 4.31 Å². The van der Waals surface area contributed by atoms with Gasteiger partial charge < -0.3 is 9.88 Å². The third-order valence-electron chi connectivity index (χ3n) is 7.31. The van der Waals surface area contributed by atoms with Gasteiger partial charge in [-0.05, 0) is 48.6 Å². The molecule has 35 heavy (non-hydrogen) atoms. The van der Waals surface area contributed by atoms with E-state index >= 15 is 0 Å². The molecule has 2 heterocycles. The van der Waals surface area contributed by atoms with Gasteiger partial charge in [0.05, 0.1) is 28.5 Å². The van der Waals surface area contributed by atoms with Gasteiger partial charge in [-0.15, -0.1) is 0 Å². The van der Waals surface area contributed by atoms with Crippen LogP contribution < -0.4 is 4.90 Å². The number of aromatic amines is 1. The van der Waals surface area contributed by atoms with Crippen LogP contribution in [-0.4, -0.2) is 35.3 Å². The molecule has 1 saturated carbocycles. The van der Waals surface area contributed by atoms with Crippen LogP contribution in [0.4, 0.5) is 10.1 Å². The number of hydrogen-bond donors (Lipinski definition) is 1. The number of fused-ring (bicyclic) bond motifs is 1. The van der Waals surface area contributed by atoms with Gasteiger partial charge in [-0.3, -0.25) is 0 Å². The summed E-state index contributed by atoms with van der Waals surface area (Å²) in [7, 11) is -3.94. The van der Waals surface area contributed by atoms with E-state index in [2.05, 4.69) is 20.9 Å². The minimum atomic E-state index is -3.94. The molecule has 1 aromatic heterocycles. The molecule has 1 N–H and O–H groups in total. The number of sulfonamides is 1. The van der Waals surface area contributed by atoms with E-state index in [0.29, 0.717) is 19.0 Å². The highest BCUT2D eigenvalue weighted by Crippen LogP contribution is 2.36. The quantitative estimate of drug-likeness (QED) is 0.434. The summed E-state index contributed by atoms with van der Waals surface area (Å²) in [5, 5.41) is -0.0923. The van der Waals surface area contributed by atoms with Crippen molar-refractivity contribution < 1.29 is 12.8 Å². The molecule has 9 heteroatoms. The fraction of sp³-hybridized carbons (Fsp3) is 0.423. The molecule has 2 aromatic carbocycles. The zero-order chi connectivity index (χ0) is 24.4. The van der Waals surface area contributed by atoms with Crippen molar-refractivity contribution in [3.05, 3.63) is 77.1 Å². The van der Waals surface area contributed by atoms with Gasteiger partial charge in [0.1, 0.15) is 5.82 Å². The van der Waals surface area contributed by atoms with Crippen molar-refractivity contribution in [2.24, 2.45) is 5.92 Å². The second-order valence-electron chi connectivity index (χ2n) is 9.59. The molecular formula is C26H30ClFN4O2S. The molecule has 186 valence electrons. The minimum Gasteiger partial charge on any atom is -0.361 e. The lowest BCUT2D eigenvalue weighted by atomic mass is 9.97. The summed E-state index contributed by atoms with van der Waals surface area (Å²) in [6, 6.07) is 11.6. The average molecular weight is 517 g/mol.